The van der Waals surface area contributed by atoms with E-state index in [9.17, 15) is 5.11 Å². The first kappa shape index (κ1) is 14.4. The second-order valence-corrected chi connectivity index (χ2v) is 6.01. The zero-order valence-corrected chi connectivity index (χ0v) is 12.3. The summed E-state index contributed by atoms with van der Waals surface area (Å²) in [5.41, 5.74) is 2.72. The van der Waals surface area contributed by atoms with Crippen LogP contribution in [0.15, 0.2) is 24.3 Å². The van der Waals surface area contributed by atoms with Gasteiger partial charge in [0.15, 0.2) is 0 Å². The second kappa shape index (κ2) is 6.40. The Morgan fingerprint density at radius 2 is 2.05 bits per heavy atom. The fourth-order valence-electron chi connectivity index (χ4n) is 2.80. The van der Waals surface area contributed by atoms with Gasteiger partial charge in [-0.25, -0.2) is 0 Å². The number of hydrogen-bond acceptors (Lipinski definition) is 3. The smallest absolute Gasteiger partial charge is 0.0601 e. The Morgan fingerprint density at radius 1 is 1.32 bits per heavy atom. The summed E-state index contributed by atoms with van der Waals surface area (Å²) in [5.74, 6) is 1.12. The van der Waals surface area contributed by atoms with Crippen molar-refractivity contribution in [3.63, 3.8) is 0 Å². The number of rotatable bonds is 3. The second-order valence-electron chi connectivity index (χ2n) is 6.01. The van der Waals surface area contributed by atoms with Crippen molar-refractivity contribution in [2.24, 2.45) is 5.92 Å². The number of aliphatic hydroxyl groups is 1. The van der Waals surface area contributed by atoms with Gasteiger partial charge in [-0.3, -0.25) is 0 Å². The molecule has 2 unspecified atom stereocenters. The fourth-order valence-corrected chi connectivity index (χ4v) is 2.80. The van der Waals surface area contributed by atoms with Gasteiger partial charge in [0.05, 0.1) is 6.61 Å². The van der Waals surface area contributed by atoms with Gasteiger partial charge in [-0.1, -0.05) is 39.0 Å². The predicted octanol–water partition coefficient (Wildman–Crippen LogP) is 2.22. The molecule has 1 saturated heterocycles. The summed E-state index contributed by atoms with van der Waals surface area (Å²) in [7, 11) is 0. The number of hydrogen-bond donors (Lipinski definition) is 2. The van der Waals surface area contributed by atoms with Gasteiger partial charge >= 0.3 is 0 Å². The molecule has 1 fully saturated rings. The number of para-hydroxylation sites is 1. The molecular weight excluding hydrogens is 236 g/mol. The van der Waals surface area contributed by atoms with Gasteiger partial charge in [0.2, 0.25) is 0 Å². The lowest BCUT2D eigenvalue weighted by atomic mass is 9.99. The zero-order chi connectivity index (χ0) is 13.8. The molecule has 3 heteroatoms. The Balaban J connectivity index is 2.27. The molecule has 0 bridgehead atoms. The highest BCUT2D eigenvalue weighted by Gasteiger charge is 2.22. The molecule has 0 aromatic heterocycles. The van der Waals surface area contributed by atoms with Crippen molar-refractivity contribution < 1.29 is 5.11 Å². The van der Waals surface area contributed by atoms with E-state index < -0.39 is 0 Å². The molecule has 1 heterocycles. The molecule has 1 aliphatic rings. The third-order valence-corrected chi connectivity index (χ3v) is 3.85. The number of anilines is 1. The molecule has 2 atom stereocenters. The highest BCUT2D eigenvalue weighted by molar-refractivity contribution is 5.55. The largest absolute Gasteiger partial charge is 0.395 e. The van der Waals surface area contributed by atoms with E-state index in [1.165, 1.54) is 11.3 Å². The van der Waals surface area contributed by atoms with Gasteiger partial charge in [0.25, 0.3) is 0 Å². The number of benzene rings is 1. The third-order valence-electron chi connectivity index (χ3n) is 3.85. The van der Waals surface area contributed by atoms with E-state index in [0.29, 0.717) is 11.8 Å². The van der Waals surface area contributed by atoms with E-state index in [2.05, 4.69) is 55.3 Å². The lowest BCUT2D eigenvalue weighted by Gasteiger charge is -2.29. The van der Waals surface area contributed by atoms with E-state index in [4.69, 9.17) is 0 Å². The molecule has 3 nitrogen and oxygen atoms in total. The normalized spacial score (nSPS) is 24.6. The highest BCUT2D eigenvalue weighted by Crippen LogP contribution is 2.28. The molecule has 106 valence electrons. The average molecular weight is 262 g/mol. The Hall–Kier alpha value is -1.06. The maximum Gasteiger partial charge on any atom is 0.0601 e. The molecule has 0 radical (unpaired) electrons. The van der Waals surface area contributed by atoms with E-state index in [-0.39, 0.29) is 12.6 Å². The van der Waals surface area contributed by atoms with Crippen LogP contribution < -0.4 is 10.2 Å². The lowest BCUT2D eigenvalue weighted by Crippen LogP contribution is -2.40. The molecule has 19 heavy (non-hydrogen) atoms. The summed E-state index contributed by atoms with van der Waals surface area (Å²) in [6.07, 6.45) is 0. The minimum absolute atomic E-state index is 0.171. The maximum atomic E-state index is 9.46. The molecule has 2 rings (SSSR count). The number of aliphatic hydroxyl groups excluding tert-OH is 1. The van der Waals surface area contributed by atoms with Gasteiger partial charge < -0.3 is 15.3 Å². The molecule has 1 aromatic rings. The van der Waals surface area contributed by atoms with Crippen molar-refractivity contribution in [3.8, 4) is 0 Å². The number of nitrogens with zero attached hydrogens (tertiary/aromatic N) is 1. The van der Waals surface area contributed by atoms with Crippen molar-refractivity contribution >= 4 is 5.69 Å². The van der Waals surface area contributed by atoms with Gasteiger partial charge in [-0.2, -0.15) is 0 Å². The summed E-state index contributed by atoms with van der Waals surface area (Å²) in [6, 6.07) is 8.82. The first-order chi connectivity index (χ1) is 9.11. The monoisotopic (exact) mass is 262 g/mol. The van der Waals surface area contributed by atoms with Crippen LogP contribution in [0.4, 0.5) is 5.69 Å². The van der Waals surface area contributed by atoms with Gasteiger partial charge in [0.1, 0.15) is 0 Å². The van der Waals surface area contributed by atoms with Crippen molar-refractivity contribution in [1.82, 2.24) is 5.32 Å². The maximum absolute atomic E-state index is 9.46. The molecule has 1 aliphatic heterocycles. The van der Waals surface area contributed by atoms with Crippen LogP contribution in [0.3, 0.4) is 0 Å². The van der Waals surface area contributed by atoms with Crippen LogP contribution in [0.5, 0.6) is 0 Å². The summed E-state index contributed by atoms with van der Waals surface area (Å²) < 4.78 is 0. The number of nitrogens with one attached hydrogen (secondary N) is 1. The van der Waals surface area contributed by atoms with Crippen LogP contribution in [-0.2, 0) is 0 Å². The van der Waals surface area contributed by atoms with E-state index >= 15 is 0 Å². The Kier molecular flexibility index (Phi) is 4.83. The van der Waals surface area contributed by atoms with Crippen LogP contribution in [0, 0.1) is 5.92 Å². The molecule has 0 saturated carbocycles. The zero-order valence-electron chi connectivity index (χ0n) is 12.3. The SMILES string of the molecule is CC1CNC(CO)CN(c2ccccc2C(C)C)C1. The van der Waals surface area contributed by atoms with Gasteiger partial charge in [-0.05, 0) is 30.0 Å². The van der Waals surface area contributed by atoms with Crippen LogP contribution >= 0.6 is 0 Å². The summed E-state index contributed by atoms with van der Waals surface area (Å²) >= 11 is 0. The van der Waals surface area contributed by atoms with Crippen molar-refractivity contribution in [2.75, 3.05) is 31.1 Å². The quantitative estimate of drug-likeness (QED) is 0.877. The summed E-state index contributed by atoms with van der Waals surface area (Å²) in [5, 5.41) is 12.9. The van der Waals surface area contributed by atoms with Gasteiger partial charge in [0, 0.05) is 24.8 Å². The molecular formula is C16H26N2O. The van der Waals surface area contributed by atoms with Gasteiger partial charge in [-0.15, -0.1) is 0 Å². The topological polar surface area (TPSA) is 35.5 Å². The van der Waals surface area contributed by atoms with E-state index in [1.807, 2.05) is 0 Å². The fraction of sp³-hybridized carbons (Fsp3) is 0.625. The molecule has 1 aromatic carbocycles. The molecule has 0 amide bonds. The highest BCUT2D eigenvalue weighted by atomic mass is 16.3. The first-order valence-electron chi connectivity index (χ1n) is 7.30. The Morgan fingerprint density at radius 3 is 2.74 bits per heavy atom. The predicted molar refractivity (Wildman–Crippen MR) is 80.8 cm³/mol. The molecule has 0 spiro atoms. The van der Waals surface area contributed by atoms with E-state index in [0.717, 1.165) is 19.6 Å². The summed E-state index contributed by atoms with van der Waals surface area (Å²) in [4.78, 5) is 2.43. The van der Waals surface area contributed by atoms with Crippen molar-refractivity contribution in [2.45, 2.75) is 32.7 Å². The standard InChI is InChI=1S/C16H26N2O/c1-12(2)15-6-4-5-7-16(15)18-9-13(3)8-17-14(10-18)11-19/h4-7,12-14,17,19H,8-11H2,1-3H3. The first-order valence-corrected chi connectivity index (χ1v) is 7.30. The van der Waals surface area contributed by atoms with Crippen LogP contribution in [0.2, 0.25) is 0 Å². The lowest BCUT2D eigenvalue weighted by molar-refractivity contribution is 0.247. The molecule has 0 aliphatic carbocycles. The average Bonchev–Trinajstić information content (AvgIpc) is 2.60. The van der Waals surface area contributed by atoms with Crippen LogP contribution in [0.1, 0.15) is 32.3 Å². The van der Waals surface area contributed by atoms with E-state index in [1.54, 1.807) is 0 Å². The summed E-state index contributed by atoms with van der Waals surface area (Å²) in [6.45, 7) is 9.85. The van der Waals surface area contributed by atoms with Crippen molar-refractivity contribution in [1.29, 1.82) is 0 Å². The third kappa shape index (κ3) is 3.48. The Bertz CT molecular complexity index is 405. The van der Waals surface area contributed by atoms with Crippen molar-refractivity contribution in [3.05, 3.63) is 29.8 Å². The minimum Gasteiger partial charge on any atom is -0.395 e. The minimum atomic E-state index is 0.171. The van der Waals surface area contributed by atoms with Crippen LogP contribution in [0.25, 0.3) is 0 Å². The molecule has 2 N–H and O–H groups in total. The van der Waals surface area contributed by atoms with Crippen LogP contribution in [-0.4, -0.2) is 37.4 Å². The Labute approximate surface area is 116 Å².